The molecule has 2 saturated heterocycles. The lowest BCUT2D eigenvalue weighted by molar-refractivity contribution is -0.730. The minimum Gasteiger partial charge on any atom is -0.326 e. The number of hydrogen-bond acceptors (Lipinski definition) is 3. The lowest BCUT2D eigenvalue weighted by Gasteiger charge is -2.26. The molecule has 0 aliphatic carbocycles. The Morgan fingerprint density at radius 3 is 2.57 bits per heavy atom. The third kappa shape index (κ3) is 2.10. The number of hydrogen-bond donors (Lipinski definition) is 2. The van der Waals surface area contributed by atoms with Crippen LogP contribution >= 0.6 is 11.6 Å². The predicted octanol–water partition coefficient (Wildman–Crippen LogP) is 1.25. The average Bonchev–Trinajstić information content (AvgIpc) is 3.23. The van der Waals surface area contributed by atoms with Crippen LogP contribution < -0.4 is 10.6 Å². The van der Waals surface area contributed by atoms with Gasteiger partial charge in [0.15, 0.2) is 0 Å². The predicted molar refractivity (Wildman–Crippen MR) is 102 cm³/mol. The number of carbonyl (C=O) groups excluding carboxylic acids is 3. The molecule has 0 aromatic heterocycles. The van der Waals surface area contributed by atoms with Crippen molar-refractivity contribution in [1.82, 2.24) is 4.90 Å². The first-order valence-corrected chi connectivity index (χ1v) is 9.68. The molecule has 3 aliphatic rings. The molecule has 2 fully saturated rings. The number of halogens is 1. The molecule has 3 N–H and O–H groups in total. The standard InChI is InChI=1S/C21H18ClN3O3/c1-11-16-17(21(24-11)13-7-3-5-9-15(13)23-20(21)28)19(27)25(18(16)26)10-12-6-2-4-8-14(12)22/h2-9,11,16-17,24H,10H2,1H3,(H,23,28)/p+1/t11-,16-,17+,21-/m1/s1. The van der Waals surface area contributed by atoms with Crippen LogP contribution in [0.3, 0.4) is 0 Å². The van der Waals surface area contributed by atoms with Crippen molar-refractivity contribution in [2.24, 2.45) is 11.8 Å². The Morgan fingerprint density at radius 2 is 1.79 bits per heavy atom. The lowest BCUT2D eigenvalue weighted by atomic mass is 9.76. The van der Waals surface area contributed by atoms with Gasteiger partial charge in [-0.15, -0.1) is 0 Å². The van der Waals surface area contributed by atoms with Gasteiger partial charge in [-0.25, -0.2) is 0 Å². The van der Waals surface area contributed by atoms with Gasteiger partial charge in [-0.2, -0.15) is 0 Å². The van der Waals surface area contributed by atoms with Gasteiger partial charge in [-0.05, 0) is 24.6 Å². The van der Waals surface area contributed by atoms with Crippen LogP contribution in [0.5, 0.6) is 0 Å². The van der Waals surface area contributed by atoms with E-state index in [2.05, 4.69) is 5.32 Å². The first-order chi connectivity index (χ1) is 13.4. The maximum absolute atomic E-state index is 13.4. The van der Waals surface area contributed by atoms with Crippen LogP contribution in [-0.2, 0) is 26.5 Å². The fourth-order valence-electron chi connectivity index (χ4n) is 5.11. The molecule has 2 aromatic carbocycles. The van der Waals surface area contributed by atoms with E-state index in [1.807, 2.05) is 42.6 Å². The zero-order valence-corrected chi connectivity index (χ0v) is 15.9. The number of amides is 3. The number of benzene rings is 2. The molecule has 7 heteroatoms. The molecule has 3 aliphatic heterocycles. The molecule has 0 unspecified atom stereocenters. The molecule has 3 amide bonds. The quantitative estimate of drug-likeness (QED) is 0.749. The SMILES string of the molecule is C[C@H]1[NH2+][C@@]2(C(=O)Nc3ccccc32)[C@@H]2C(=O)N(Cc3ccccc3Cl)C(=O)[C@@H]21. The second-order valence-corrected chi connectivity index (χ2v) is 8.16. The van der Waals surface area contributed by atoms with Crippen LogP contribution in [0.15, 0.2) is 48.5 Å². The van der Waals surface area contributed by atoms with Crippen LogP contribution in [0.1, 0.15) is 18.1 Å². The number of imide groups is 1. The van der Waals surface area contributed by atoms with Gasteiger partial charge in [0.05, 0.1) is 18.3 Å². The Morgan fingerprint density at radius 1 is 1.07 bits per heavy atom. The maximum Gasteiger partial charge on any atom is 0.291 e. The summed E-state index contributed by atoms with van der Waals surface area (Å²) in [6.07, 6.45) is 0. The highest BCUT2D eigenvalue weighted by atomic mass is 35.5. The summed E-state index contributed by atoms with van der Waals surface area (Å²) in [5, 5.41) is 5.31. The van der Waals surface area contributed by atoms with Crippen molar-refractivity contribution in [3.05, 3.63) is 64.7 Å². The molecule has 6 nitrogen and oxygen atoms in total. The van der Waals surface area contributed by atoms with E-state index in [-0.39, 0.29) is 30.3 Å². The zero-order valence-electron chi connectivity index (χ0n) is 15.2. The molecule has 0 radical (unpaired) electrons. The summed E-state index contributed by atoms with van der Waals surface area (Å²) in [7, 11) is 0. The van der Waals surface area contributed by atoms with E-state index >= 15 is 0 Å². The van der Waals surface area contributed by atoms with E-state index in [9.17, 15) is 14.4 Å². The summed E-state index contributed by atoms with van der Waals surface area (Å²) < 4.78 is 0. The molecular weight excluding hydrogens is 378 g/mol. The van der Waals surface area contributed by atoms with Gasteiger partial charge in [-0.3, -0.25) is 19.3 Å². The average molecular weight is 397 g/mol. The summed E-state index contributed by atoms with van der Waals surface area (Å²) >= 11 is 6.24. The normalized spacial score (nSPS) is 30.7. The Hall–Kier alpha value is -2.70. The molecule has 2 aromatic rings. The third-order valence-electron chi connectivity index (χ3n) is 6.31. The summed E-state index contributed by atoms with van der Waals surface area (Å²) in [6, 6.07) is 14.4. The van der Waals surface area contributed by atoms with Crippen molar-refractivity contribution in [2.75, 3.05) is 5.32 Å². The monoisotopic (exact) mass is 396 g/mol. The van der Waals surface area contributed by atoms with Crippen LogP contribution in [0.25, 0.3) is 0 Å². The highest BCUT2D eigenvalue weighted by Crippen LogP contribution is 2.49. The lowest BCUT2D eigenvalue weighted by Crippen LogP contribution is -2.98. The molecule has 3 heterocycles. The number of anilines is 1. The van der Waals surface area contributed by atoms with E-state index in [0.717, 1.165) is 5.56 Å². The summed E-state index contributed by atoms with van der Waals surface area (Å²) in [6.45, 7) is 2.03. The van der Waals surface area contributed by atoms with E-state index in [4.69, 9.17) is 11.6 Å². The van der Waals surface area contributed by atoms with Crippen molar-refractivity contribution in [3.63, 3.8) is 0 Å². The van der Waals surface area contributed by atoms with Crippen molar-refractivity contribution in [2.45, 2.75) is 25.0 Å². The van der Waals surface area contributed by atoms with Crippen LogP contribution in [0.2, 0.25) is 5.02 Å². The van der Waals surface area contributed by atoms with Crippen molar-refractivity contribution in [3.8, 4) is 0 Å². The molecule has 28 heavy (non-hydrogen) atoms. The molecule has 142 valence electrons. The molecule has 0 bridgehead atoms. The van der Waals surface area contributed by atoms with Gasteiger partial charge in [0, 0.05) is 10.6 Å². The molecule has 4 atom stereocenters. The van der Waals surface area contributed by atoms with Crippen LogP contribution in [-0.4, -0.2) is 28.7 Å². The zero-order chi connectivity index (χ0) is 19.6. The topological polar surface area (TPSA) is 83.1 Å². The number of nitrogens with one attached hydrogen (secondary N) is 1. The number of nitrogens with two attached hydrogens (primary N) is 1. The largest absolute Gasteiger partial charge is 0.326 e. The number of quaternary nitrogens is 1. The summed E-state index contributed by atoms with van der Waals surface area (Å²) in [5.74, 6) is -2.02. The highest BCUT2D eigenvalue weighted by Gasteiger charge is 2.73. The second-order valence-electron chi connectivity index (χ2n) is 7.75. The van der Waals surface area contributed by atoms with Gasteiger partial charge < -0.3 is 10.6 Å². The summed E-state index contributed by atoms with van der Waals surface area (Å²) in [5.41, 5.74) is 1.11. The van der Waals surface area contributed by atoms with Gasteiger partial charge in [0.1, 0.15) is 11.8 Å². The van der Waals surface area contributed by atoms with Crippen LogP contribution in [0.4, 0.5) is 5.69 Å². The van der Waals surface area contributed by atoms with Crippen LogP contribution in [0, 0.1) is 11.8 Å². The number of nitrogens with zero attached hydrogens (tertiary/aromatic N) is 1. The fourth-order valence-corrected chi connectivity index (χ4v) is 5.30. The minimum atomic E-state index is -1.09. The van der Waals surface area contributed by atoms with E-state index in [1.54, 1.807) is 18.2 Å². The molecule has 5 rings (SSSR count). The van der Waals surface area contributed by atoms with Gasteiger partial charge in [0.25, 0.3) is 5.91 Å². The van der Waals surface area contributed by atoms with Crippen molar-refractivity contribution in [1.29, 1.82) is 0 Å². The fraction of sp³-hybridized carbons (Fsp3) is 0.286. The van der Waals surface area contributed by atoms with Gasteiger partial charge >= 0.3 is 0 Å². The maximum atomic E-state index is 13.4. The Kier molecular flexibility index (Phi) is 3.66. The third-order valence-corrected chi connectivity index (χ3v) is 6.68. The second kappa shape index (κ2) is 5.90. The number of fused-ring (bicyclic) bond motifs is 4. The Labute approximate surface area is 166 Å². The van der Waals surface area contributed by atoms with Gasteiger partial charge in [0.2, 0.25) is 17.4 Å². The first kappa shape index (κ1) is 17.4. The minimum absolute atomic E-state index is 0.121. The van der Waals surface area contributed by atoms with Crippen molar-refractivity contribution >= 4 is 35.0 Å². The first-order valence-electron chi connectivity index (χ1n) is 9.31. The highest BCUT2D eigenvalue weighted by molar-refractivity contribution is 6.31. The smallest absolute Gasteiger partial charge is 0.291 e. The van der Waals surface area contributed by atoms with Gasteiger partial charge in [-0.1, -0.05) is 48.0 Å². The van der Waals surface area contributed by atoms with E-state index in [1.165, 1.54) is 4.90 Å². The number of rotatable bonds is 2. The van der Waals surface area contributed by atoms with Crippen molar-refractivity contribution < 1.29 is 19.7 Å². The van der Waals surface area contributed by atoms with E-state index < -0.39 is 17.4 Å². The number of carbonyl (C=O) groups is 3. The Bertz CT molecular complexity index is 1040. The number of likely N-dealkylation sites (tertiary alicyclic amines) is 1. The van der Waals surface area contributed by atoms with E-state index in [0.29, 0.717) is 16.3 Å². The molecule has 1 spiro atoms. The number of para-hydroxylation sites is 1. The molecule has 0 saturated carbocycles. The Balaban J connectivity index is 1.58. The summed E-state index contributed by atoms with van der Waals surface area (Å²) in [4.78, 5) is 41.0. The molecular formula is C21H19ClN3O3+.